The zero-order valence-corrected chi connectivity index (χ0v) is 25.1. The standard InChI is InChI=1S/C30H34F4N4O5S/c1-19-5-4-11-28(2,27(41)37-14-8-20(39)9-15-37)22(19)10-18-44(42,43)38-16-12-29(13-17-38)26(40)35-25(36-29)21-6-3-7-23(24(21)31)30(32,33)34/h3-7,10-11,18,20,22,39H,8-9,12-17H2,1-2H3,(H,35,36,40)/b18-10+. The number of amidine groups is 1. The van der Waals surface area contributed by atoms with Gasteiger partial charge in [-0.05, 0) is 51.7 Å². The third-order valence-corrected chi connectivity index (χ3v) is 10.6. The molecule has 0 aromatic heterocycles. The predicted octanol–water partition coefficient (Wildman–Crippen LogP) is 3.52. The molecule has 2 atom stereocenters. The first kappa shape index (κ1) is 32.0. The molecular weight excluding hydrogens is 604 g/mol. The monoisotopic (exact) mass is 638 g/mol. The number of carbonyl (C=O) groups excluding carboxylic acids is 2. The van der Waals surface area contributed by atoms with Crippen LogP contribution in [0.15, 0.2) is 58.5 Å². The van der Waals surface area contributed by atoms with Crippen LogP contribution < -0.4 is 5.32 Å². The molecule has 2 N–H and O–H groups in total. The number of hydrogen-bond donors (Lipinski definition) is 2. The Bertz CT molecular complexity index is 1570. The summed E-state index contributed by atoms with van der Waals surface area (Å²) in [5, 5.41) is 13.3. The van der Waals surface area contributed by atoms with E-state index in [9.17, 15) is 40.7 Å². The summed E-state index contributed by atoms with van der Waals surface area (Å²) in [6, 6.07) is 2.72. The quantitative estimate of drug-likeness (QED) is 0.479. The smallest absolute Gasteiger partial charge is 0.393 e. The Hall–Kier alpha value is -3.36. The van der Waals surface area contributed by atoms with Gasteiger partial charge < -0.3 is 15.3 Å². The van der Waals surface area contributed by atoms with E-state index in [0.29, 0.717) is 32.0 Å². The molecular formula is C30H34F4N4O5S. The van der Waals surface area contributed by atoms with Gasteiger partial charge in [0.15, 0.2) is 0 Å². The molecule has 9 nitrogen and oxygen atoms in total. The van der Waals surface area contributed by atoms with Crippen molar-refractivity contribution in [2.45, 2.75) is 57.3 Å². The number of allylic oxidation sites excluding steroid dienone is 4. The number of piperidine rings is 2. The summed E-state index contributed by atoms with van der Waals surface area (Å²) in [7, 11) is -3.99. The zero-order valence-electron chi connectivity index (χ0n) is 24.3. The van der Waals surface area contributed by atoms with Crippen LogP contribution in [0.5, 0.6) is 0 Å². The Labute approximate surface area is 253 Å². The van der Waals surface area contributed by atoms with Gasteiger partial charge in [-0.25, -0.2) is 12.8 Å². The molecule has 2 amide bonds. The van der Waals surface area contributed by atoms with E-state index in [-0.39, 0.29) is 37.7 Å². The maximum atomic E-state index is 14.7. The molecule has 0 bridgehead atoms. The van der Waals surface area contributed by atoms with Crippen LogP contribution in [0.4, 0.5) is 17.6 Å². The van der Waals surface area contributed by atoms with Crippen LogP contribution in [0.1, 0.15) is 50.7 Å². The van der Waals surface area contributed by atoms with Crippen LogP contribution in [0.2, 0.25) is 0 Å². The fraction of sp³-hybridized carbons (Fsp3) is 0.500. The number of likely N-dealkylation sites (tertiary alicyclic amines) is 1. The van der Waals surface area contributed by atoms with Crippen molar-refractivity contribution < 1.29 is 40.7 Å². The molecule has 2 fully saturated rings. The highest BCUT2D eigenvalue weighted by Gasteiger charge is 2.49. The number of aliphatic imine (C=N–C) groups is 1. The number of amides is 2. The fourth-order valence-electron chi connectivity index (χ4n) is 6.34. The molecule has 1 aromatic rings. The minimum absolute atomic E-state index is 0.0574. The van der Waals surface area contributed by atoms with Gasteiger partial charge in [0.2, 0.25) is 15.9 Å². The second-order valence-electron chi connectivity index (χ2n) is 11.9. The summed E-state index contributed by atoms with van der Waals surface area (Å²) in [5.41, 5.74) is -3.65. The van der Waals surface area contributed by atoms with Crippen LogP contribution in [0.25, 0.3) is 0 Å². The van der Waals surface area contributed by atoms with E-state index in [2.05, 4.69) is 10.3 Å². The summed E-state index contributed by atoms with van der Waals surface area (Å²) in [6.07, 6.45) is 2.32. The number of hydrogen-bond acceptors (Lipinski definition) is 6. The summed E-state index contributed by atoms with van der Waals surface area (Å²) in [6.45, 7) is 4.20. The highest BCUT2D eigenvalue weighted by molar-refractivity contribution is 7.92. The van der Waals surface area contributed by atoms with Crippen LogP contribution in [-0.4, -0.2) is 78.2 Å². The Kier molecular flexibility index (Phi) is 8.40. The van der Waals surface area contributed by atoms with E-state index in [1.807, 2.05) is 13.0 Å². The molecule has 2 saturated heterocycles. The number of halogens is 4. The van der Waals surface area contributed by atoms with Crippen LogP contribution >= 0.6 is 0 Å². The second kappa shape index (κ2) is 11.5. The molecule has 3 aliphatic heterocycles. The summed E-state index contributed by atoms with van der Waals surface area (Å²) in [5.74, 6) is -3.21. The van der Waals surface area contributed by atoms with Gasteiger partial charge in [-0.15, -0.1) is 0 Å². The fourth-order valence-corrected chi connectivity index (χ4v) is 7.56. The first-order valence-corrected chi connectivity index (χ1v) is 15.9. The van der Waals surface area contributed by atoms with Crippen molar-refractivity contribution >= 4 is 27.7 Å². The number of benzene rings is 1. The third-order valence-electron chi connectivity index (χ3n) is 9.04. The van der Waals surface area contributed by atoms with Crippen molar-refractivity contribution in [3.63, 3.8) is 0 Å². The highest BCUT2D eigenvalue weighted by atomic mass is 32.2. The molecule has 14 heteroatoms. The molecule has 1 aromatic carbocycles. The van der Waals surface area contributed by atoms with Gasteiger partial charge >= 0.3 is 6.18 Å². The number of nitrogens with zero attached hydrogens (tertiary/aromatic N) is 3. The lowest BCUT2D eigenvalue weighted by Crippen LogP contribution is -2.50. The van der Waals surface area contributed by atoms with Gasteiger partial charge in [-0.2, -0.15) is 17.5 Å². The van der Waals surface area contributed by atoms with Crippen LogP contribution in [-0.2, 0) is 25.8 Å². The Morgan fingerprint density at radius 2 is 1.82 bits per heavy atom. The van der Waals surface area contributed by atoms with Crippen molar-refractivity contribution in [2.75, 3.05) is 26.2 Å². The van der Waals surface area contributed by atoms with E-state index in [1.165, 1.54) is 10.4 Å². The number of carbonyl (C=O) groups is 2. The minimum Gasteiger partial charge on any atom is -0.393 e. The van der Waals surface area contributed by atoms with Gasteiger partial charge in [-0.3, -0.25) is 14.6 Å². The Morgan fingerprint density at radius 3 is 2.45 bits per heavy atom. The summed E-state index contributed by atoms with van der Waals surface area (Å²) in [4.78, 5) is 32.5. The average Bonchev–Trinajstić information content (AvgIpc) is 3.27. The van der Waals surface area contributed by atoms with E-state index >= 15 is 0 Å². The Balaban J connectivity index is 1.31. The summed E-state index contributed by atoms with van der Waals surface area (Å²) < 4.78 is 82.3. The topological polar surface area (TPSA) is 119 Å². The lowest BCUT2D eigenvalue weighted by molar-refractivity contribution is -0.142. The number of aliphatic hydroxyl groups excluding tert-OH is 1. The second-order valence-corrected chi connectivity index (χ2v) is 13.8. The van der Waals surface area contributed by atoms with Gasteiger partial charge in [0.25, 0.3) is 5.91 Å². The molecule has 2 unspecified atom stereocenters. The van der Waals surface area contributed by atoms with E-state index < -0.39 is 62.0 Å². The average molecular weight is 639 g/mol. The van der Waals surface area contributed by atoms with Crippen LogP contribution in [0.3, 0.4) is 0 Å². The lowest BCUT2D eigenvalue weighted by atomic mass is 9.69. The molecule has 4 aliphatic rings. The minimum atomic E-state index is -4.93. The van der Waals surface area contributed by atoms with Crippen LogP contribution in [0, 0.1) is 17.2 Å². The molecule has 0 saturated carbocycles. The van der Waals surface area contributed by atoms with E-state index in [1.54, 1.807) is 24.0 Å². The molecule has 5 rings (SSSR count). The molecule has 3 heterocycles. The summed E-state index contributed by atoms with van der Waals surface area (Å²) >= 11 is 0. The van der Waals surface area contributed by atoms with E-state index in [0.717, 1.165) is 23.1 Å². The first-order valence-electron chi connectivity index (χ1n) is 14.4. The highest BCUT2D eigenvalue weighted by Crippen LogP contribution is 2.41. The largest absolute Gasteiger partial charge is 0.419 e. The molecule has 1 aliphatic carbocycles. The van der Waals surface area contributed by atoms with Gasteiger partial charge in [0.05, 0.1) is 22.6 Å². The number of rotatable bonds is 5. The third kappa shape index (κ3) is 5.86. The van der Waals surface area contributed by atoms with Gasteiger partial charge in [0.1, 0.15) is 17.2 Å². The number of aliphatic hydroxyl groups is 1. The maximum Gasteiger partial charge on any atom is 0.419 e. The first-order chi connectivity index (χ1) is 20.6. The predicted molar refractivity (Wildman–Crippen MR) is 154 cm³/mol. The van der Waals surface area contributed by atoms with E-state index in [4.69, 9.17) is 0 Å². The molecule has 0 radical (unpaired) electrons. The van der Waals surface area contributed by atoms with Gasteiger partial charge in [0, 0.05) is 37.5 Å². The van der Waals surface area contributed by atoms with Crippen molar-refractivity contribution in [3.05, 3.63) is 70.4 Å². The maximum absolute atomic E-state index is 14.7. The Morgan fingerprint density at radius 1 is 1.16 bits per heavy atom. The van der Waals surface area contributed by atoms with Crippen molar-refractivity contribution in [3.8, 4) is 0 Å². The number of alkyl halides is 3. The van der Waals surface area contributed by atoms with Crippen molar-refractivity contribution in [1.29, 1.82) is 0 Å². The lowest BCUT2D eigenvalue weighted by Gasteiger charge is -2.41. The zero-order chi connectivity index (χ0) is 32.1. The number of nitrogens with one attached hydrogen (secondary N) is 1. The normalized spacial score (nSPS) is 26.7. The van der Waals surface area contributed by atoms with Gasteiger partial charge in [-0.1, -0.05) is 35.9 Å². The van der Waals surface area contributed by atoms with Crippen molar-refractivity contribution in [1.82, 2.24) is 14.5 Å². The number of sulfonamides is 1. The molecule has 238 valence electrons. The van der Waals surface area contributed by atoms with Crippen molar-refractivity contribution in [2.24, 2.45) is 16.3 Å². The molecule has 44 heavy (non-hydrogen) atoms. The SMILES string of the molecule is CC1=CC=CC(C)(C(=O)N2CCC(O)CC2)C1/C=C/S(=O)(=O)N1CCC2(CC1)N=C(c1cccc(C(F)(F)F)c1F)NC2=O. The molecule has 1 spiro atoms.